The minimum Gasteiger partial charge on any atom is -0.392 e. The van der Waals surface area contributed by atoms with Crippen LogP contribution in [-0.2, 0) is 20.1 Å². The van der Waals surface area contributed by atoms with Gasteiger partial charge >= 0.3 is 0 Å². The molecule has 1 radical (unpaired) electrons. The number of hydrogen-bond acceptors (Lipinski definition) is 4. The molecule has 0 saturated carbocycles. The van der Waals surface area contributed by atoms with Gasteiger partial charge in [-0.15, -0.1) is 29.1 Å². The second-order valence-electron chi connectivity index (χ2n) is 12.3. The van der Waals surface area contributed by atoms with Gasteiger partial charge < -0.3 is 10.2 Å². The van der Waals surface area contributed by atoms with Crippen LogP contribution in [0.3, 0.4) is 0 Å². The van der Waals surface area contributed by atoms with E-state index in [0.29, 0.717) is 6.42 Å². The molecule has 0 aliphatic rings. The van der Waals surface area contributed by atoms with Gasteiger partial charge in [0.05, 0.1) is 17.9 Å². The Morgan fingerprint density at radius 2 is 1.20 bits per heavy atom. The van der Waals surface area contributed by atoms with E-state index in [-0.39, 0.29) is 30.9 Å². The van der Waals surface area contributed by atoms with E-state index in [2.05, 4.69) is 82.8 Å². The predicted octanol–water partition coefficient (Wildman–Crippen LogP) is 8.11. The Hall–Kier alpha value is -2.95. The zero-order valence-corrected chi connectivity index (χ0v) is 26.5. The Morgan fingerprint density at radius 1 is 0.675 bits per heavy atom. The fraction of sp³-hybridized carbons (Fsp3) is 0.314. The van der Waals surface area contributed by atoms with Gasteiger partial charge in [-0.25, -0.2) is 4.98 Å². The third-order valence-electron chi connectivity index (χ3n) is 7.16. The average Bonchev–Trinajstić information content (AvgIpc) is 2.92. The largest absolute Gasteiger partial charge is 0.392 e. The number of hydrogen-bond donors (Lipinski definition) is 2. The SMILES string of the molecule is CC(C)(C)C(O)CC(O)C(C)(C)C.[Ir].[c-]1ccc2ccccc2c1-c1cc(-c2cccc3ccccc23)ncn1. The summed E-state index contributed by atoms with van der Waals surface area (Å²) in [6.07, 6.45) is 1.21. The van der Waals surface area contributed by atoms with Crippen molar-refractivity contribution in [1.29, 1.82) is 0 Å². The molecule has 0 fully saturated rings. The smallest absolute Gasteiger partial charge is 0.106 e. The predicted molar refractivity (Wildman–Crippen MR) is 162 cm³/mol. The van der Waals surface area contributed by atoms with Gasteiger partial charge in [0.2, 0.25) is 0 Å². The molecule has 5 heteroatoms. The van der Waals surface area contributed by atoms with Crippen LogP contribution >= 0.6 is 0 Å². The Morgan fingerprint density at radius 3 is 1.82 bits per heavy atom. The first-order chi connectivity index (χ1) is 18.4. The van der Waals surface area contributed by atoms with E-state index in [1.165, 1.54) is 16.2 Å². The minimum atomic E-state index is -0.443. The molecule has 0 aliphatic carbocycles. The summed E-state index contributed by atoms with van der Waals surface area (Å²) >= 11 is 0. The van der Waals surface area contributed by atoms with Crippen molar-refractivity contribution >= 4 is 21.5 Å². The normalized spacial score (nSPS) is 13.2. The van der Waals surface area contributed by atoms with Crippen LogP contribution in [0.15, 0.2) is 91.3 Å². The van der Waals surface area contributed by atoms with Crippen molar-refractivity contribution < 1.29 is 30.3 Å². The molecule has 2 unspecified atom stereocenters. The van der Waals surface area contributed by atoms with E-state index in [1.807, 2.05) is 59.7 Å². The maximum absolute atomic E-state index is 9.76. The Bertz CT molecular complexity index is 1430. The molecule has 0 amide bonds. The molecule has 5 aromatic rings. The average molecular weight is 712 g/mol. The van der Waals surface area contributed by atoms with Crippen LogP contribution < -0.4 is 0 Å². The third-order valence-corrected chi connectivity index (χ3v) is 7.16. The number of aliphatic hydroxyl groups is 2. The number of benzene rings is 4. The maximum Gasteiger partial charge on any atom is 0.106 e. The molecular weight excluding hydrogens is 673 g/mol. The second-order valence-corrected chi connectivity index (χ2v) is 12.3. The molecule has 0 saturated heterocycles. The molecule has 0 aliphatic heterocycles. The van der Waals surface area contributed by atoms with Gasteiger partial charge in [-0.3, -0.25) is 4.98 Å². The van der Waals surface area contributed by atoms with Crippen molar-refractivity contribution in [2.75, 3.05) is 0 Å². The number of rotatable bonds is 4. The van der Waals surface area contributed by atoms with Gasteiger partial charge in [0.25, 0.3) is 0 Å². The van der Waals surface area contributed by atoms with Gasteiger partial charge in [0.15, 0.2) is 0 Å². The molecule has 2 N–H and O–H groups in total. The fourth-order valence-corrected chi connectivity index (χ4v) is 4.38. The van der Waals surface area contributed by atoms with Gasteiger partial charge in [-0.2, -0.15) is 0 Å². The van der Waals surface area contributed by atoms with E-state index in [4.69, 9.17) is 0 Å². The van der Waals surface area contributed by atoms with Crippen molar-refractivity contribution in [3.05, 3.63) is 97.3 Å². The summed E-state index contributed by atoms with van der Waals surface area (Å²) < 4.78 is 0. The zero-order chi connectivity index (χ0) is 28.2. The summed E-state index contributed by atoms with van der Waals surface area (Å²) in [5.41, 5.74) is 3.64. The zero-order valence-electron chi connectivity index (χ0n) is 24.1. The molecule has 0 spiro atoms. The van der Waals surface area contributed by atoms with Crippen LogP contribution in [0.4, 0.5) is 0 Å². The van der Waals surface area contributed by atoms with Gasteiger partial charge in [-0.1, -0.05) is 120 Å². The summed E-state index contributed by atoms with van der Waals surface area (Å²) in [7, 11) is 0. The summed E-state index contributed by atoms with van der Waals surface area (Å²) in [4.78, 5) is 9.06. The van der Waals surface area contributed by atoms with Crippen molar-refractivity contribution in [3.8, 4) is 22.5 Å². The molecule has 4 aromatic carbocycles. The number of fused-ring (bicyclic) bond motifs is 2. The summed E-state index contributed by atoms with van der Waals surface area (Å²) in [6, 6.07) is 32.4. The quantitative estimate of drug-likeness (QED) is 0.185. The summed E-state index contributed by atoms with van der Waals surface area (Å²) in [5, 5.41) is 24.3. The van der Waals surface area contributed by atoms with E-state index in [0.717, 1.165) is 27.9 Å². The van der Waals surface area contributed by atoms with Crippen LogP contribution in [0, 0.1) is 16.9 Å². The van der Waals surface area contributed by atoms with E-state index >= 15 is 0 Å². The van der Waals surface area contributed by atoms with E-state index < -0.39 is 12.2 Å². The minimum absolute atomic E-state index is 0. The molecule has 1 heterocycles. The molecule has 211 valence electrons. The first-order valence-corrected chi connectivity index (χ1v) is 13.5. The van der Waals surface area contributed by atoms with Gasteiger partial charge in [0.1, 0.15) is 6.33 Å². The van der Waals surface area contributed by atoms with Crippen LogP contribution in [0.2, 0.25) is 0 Å². The van der Waals surface area contributed by atoms with Crippen LogP contribution in [0.5, 0.6) is 0 Å². The van der Waals surface area contributed by atoms with Crippen molar-refractivity contribution in [2.24, 2.45) is 10.8 Å². The monoisotopic (exact) mass is 712 g/mol. The number of nitrogens with zero attached hydrogens (tertiary/aromatic N) is 2. The first kappa shape index (κ1) is 31.6. The Kier molecular flexibility index (Phi) is 10.4. The second kappa shape index (κ2) is 13.1. The summed E-state index contributed by atoms with van der Waals surface area (Å²) in [6.45, 7) is 11.9. The maximum atomic E-state index is 9.76. The number of aromatic nitrogens is 2. The van der Waals surface area contributed by atoms with Crippen molar-refractivity contribution in [3.63, 3.8) is 0 Å². The molecule has 2 atom stereocenters. The molecule has 4 nitrogen and oxygen atoms in total. The van der Waals surface area contributed by atoms with E-state index in [9.17, 15) is 10.2 Å². The first-order valence-electron chi connectivity index (χ1n) is 13.5. The van der Waals surface area contributed by atoms with Crippen molar-refractivity contribution in [2.45, 2.75) is 60.2 Å². The standard InChI is InChI=1S/C24H15N2.C11H24O2.Ir/c1-3-11-19-17(7-1)9-5-13-21(19)23-15-24(26-16-25-23)22-14-6-10-18-8-2-4-12-20(18)22;1-10(2,3)8(12)7-9(13)11(4,5)6;/h1-13,15-16H;8-9,12-13H,7H2,1-6H3;/q-1;;. The summed E-state index contributed by atoms with van der Waals surface area (Å²) in [5.74, 6) is 0. The Balaban J connectivity index is 0.000000272. The van der Waals surface area contributed by atoms with Crippen LogP contribution in [0.25, 0.3) is 44.1 Å². The van der Waals surface area contributed by atoms with Gasteiger partial charge in [0, 0.05) is 32.1 Å². The third kappa shape index (κ3) is 7.61. The molecule has 40 heavy (non-hydrogen) atoms. The number of aliphatic hydroxyl groups excluding tert-OH is 2. The van der Waals surface area contributed by atoms with Crippen LogP contribution in [-0.4, -0.2) is 32.4 Å². The van der Waals surface area contributed by atoms with Crippen molar-refractivity contribution in [1.82, 2.24) is 9.97 Å². The topological polar surface area (TPSA) is 66.2 Å². The molecule has 5 rings (SSSR count). The molecule has 1 aromatic heterocycles. The van der Waals surface area contributed by atoms with Gasteiger partial charge in [-0.05, 0) is 27.3 Å². The fourth-order valence-electron chi connectivity index (χ4n) is 4.38. The van der Waals surface area contributed by atoms with Crippen LogP contribution in [0.1, 0.15) is 48.0 Å². The Labute approximate surface area is 251 Å². The van der Waals surface area contributed by atoms with E-state index in [1.54, 1.807) is 6.33 Å². The molecular formula is C35H39IrN2O2-. The molecule has 0 bridgehead atoms.